The first-order valence-corrected chi connectivity index (χ1v) is 9.32. The molecule has 132 valence electrons. The highest BCUT2D eigenvalue weighted by Crippen LogP contribution is 2.26. The zero-order valence-corrected chi connectivity index (χ0v) is 15.9. The van der Waals surface area contributed by atoms with E-state index in [1.165, 1.54) is 11.3 Å². The molecule has 0 bridgehead atoms. The number of carbonyl (C=O) groups excluding carboxylic acids is 2. The minimum atomic E-state index is -0.392. The van der Waals surface area contributed by atoms with Crippen molar-refractivity contribution in [2.45, 2.75) is 6.92 Å². The van der Waals surface area contributed by atoms with Crippen LogP contribution in [0.25, 0.3) is 0 Å². The van der Waals surface area contributed by atoms with E-state index in [0.717, 1.165) is 18.2 Å². The van der Waals surface area contributed by atoms with Gasteiger partial charge < -0.3 is 9.64 Å². The summed E-state index contributed by atoms with van der Waals surface area (Å²) in [4.78, 5) is 31.6. The molecule has 2 aromatic rings. The van der Waals surface area contributed by atoms with Gasteiger partial charge in [-0.25, -0.2) is 4.98 Å². The number of amides is 2. The van der Waals surface area contributed by atoms with Crippen molar-refractivity contribution in [3.05, 3.63) is 44.9 Å². The van der Waals surface area contributed by atoms with Gasteiger partial charge in [0.15, 0.2) is 5.13 Å². The number of aromatic nitrogens is 1. The second-order valence-corrected chi connectivity index (χ2v) is 7.23. The number of aryl methyl sites for hydroxylation is 1. The zero-order chi connectivity index (χ0) is 17.8. The summed E-state index contributed by atoms with van der Waals surface area (Å²) in [5, 5.41) is 0.795. The SMILES string of the molecule is Cc1nc(N2CCOCC2)sc1C(=O)NNC(=O)c1ccccc1Br. The van der Waals surface area contributed by atoms with Crippen molar-refractivity contribution in [3.63, 3.8) is 0 Å². The smallest absolute Gasteiger partial charge is 0.281 e. The minimum Gasteiger partial charge on any atom is -0.378 e. The highest BCUT2D eigenvalue weighted by molar-refractivity contribution is 9.10. The van der Waals surface area contributed by atoms with E-state index in [0.29, 0.717) is 33.8 Å². The van der Waals surface area contributed by atoms with Crippen LogP contribution in [0.4, 0.5) is 5.13 Å². The summed E-state index contributed by atoms with van der Waals surface area (Å²) in [5.74, 6) is -0.772. The van der Waals surface area contributed by atoms with Crippen LogP contribution >= 0.6 is 27.3 Å². The summed E-state index contributed by atoms with van der Waals surface area (Å²) in [7, 11) is 0. The molecule has 7 nitrogen and oxygen atoms in total. The second kappa shape index (κ2) is 7.94. The number of thiazole rings is 1. The van der Waals surface area contributed by atoms with Crippen LogP contribution in [0.5, 0.6) is 0 Å². The van der Waals surface area contributed by atoms with Crippen molar-refractivity contribution in [2.24, 2.45) is 0 Å². The van der Waals surface area contributed by atoms with E-state index in [1.54, 1.807) is 25.1 Å². The third-order valence-corrected chi connectivity index (χ3v) is 5.59. The fourth-order valence-electron chi connectivity index (χ4n) is 2.37. The molecular weight excluding hydrogens is 408 g/mol. The highest BCUT2D eigenvalue weighted by Gasteiger charge is 2.21. The van der Waals surface area contributed by atoms with Crippen molar-refractivity contribution in [1.29, 1.82) is 0 Å². The third kappa shape index (κ3) is 4.17. The van der Waals surface area contributed by atoms with Crippen LogP contribution in [0.2, 0.25) is 0 Å². The van der Waals surface area contributed by atoms with Gasteiger partial charge >= 0.3 is 0 Å². The maximum atomic E-state index is 12.4. The largest absolute Gasteiger partial charge is 0.378 e. The number of ether oxygens (including phenoxy) is 1. The summed E-state index contributed by atoms with van der Waals surface area (Å²) in [5.41, 5.74) is 5.96. The maximum absolute atomic E-state index is 12.4. The van der Waals surface area contributed by atoms with Gasteiger partial charge in [0.1, 0.15) is 4.88 Å². The fourth-order valence-corrected chi connectivity index (χ4v) is 3.84. The topological polar surface area (TPSA) is 83.6 Å². The van der Waals surface area contributed by atoms with Gasteiger partial charge in [0.2, 0.25) is 0 Å². The number of rotatable bonds is 3. The fraction of sp³-hybridized carbons (Fsp3) is 0.312. The van der Waals surface area contributed by atoms with Gasteiger partial charge in [-0.3, -0.25) is 20.4 Å². The molecule has 0 atom stereocenters. The molecule has 9 heteroatoms. The molecule has 0 radical (unpaired) electrons. The van der Waals surface area contributed by atoms with Crippen molar-refractivity contribution >= 4 is 44.2 Å². The van der Waals surface area contributed by atoms with Crippen molar-refractivity contribution in [3.8, 4) is 0 Å². The molecule has 0 spiro atoms. The Balaban J connectivity index is 1.64. The van der Waals surface area contributed by atoms with Crippen LogP contribution in [-0.4, -0.2) is 43.1 Å². The lowest BCUT2D eigenvalue weighted by Crippen LogP contribution is -2.41. The number of hydrazine groups is 1. The molecule has 1 fully saturated rings. The van der Waals surface area contributed by atoms with Crippen LogP contribution in [0.15, 0.2) is 28.7 Å². The average molecular weight is 425 g/mol. The van der Waals surface area contributed by atoms with Crippen LogP contribution in [0.1, 0.15) is 25.7 Å². The molecule has 2 N–H and O–H groups in total. The van der Waals surface area contributed by atoms with Crippen molar-refractivity contribution < 1.29 is 14.3 Å². The number of carbonyl (C=O) groups is 2. The van der Waals surface area contributed by atoms with Crippen molar-refractivity contribution in [2.75, 3.05) is 31.2 Å². The Bertz CT molecular complexity index is 789. The normalized spacial score (nSPS) is 14.2. The Kier molecular flexibility index (Phi) is 5.67. The number of benzene rings is 1. The first-order valence-electron chi connectivity index (χ1n) is 7.71. The molecular formula is C16H17BrN4O3S. The molecule has 2 heterocycles. The van der Waals surface area contributed by atoms with Gasteiger partial charge in [0.25, 0.3) is 11.8 Å². The van der Waals surface area contributed by atoms with Crippen LogP contribution < -0.4 is 15.8 Å². The molecule has 1 aromatic carbocycles. The summed E-state index contributed by atoms with van der Waals surface area (Å²) >= 11 is 4.62. The van der Waals surface area contributed by atoms with E-state index < -0.39 is 5.91 Å². The molecule has 1 saturated heterocycles. The van der Waals surface area contributed by atoms with Gasteiger partial charge in [0.05, 0.1) is 24.5 Å². The average Bonchev–Trinajstić information content (AvgIpc) is 3.02. The van der Waals surface area contributed by atoms with E-state index in [2.05, 4.69) is 36.7 Å². The van der Waals surface area contributed by atoms with E-state index in [1.807, 2.05) is 6.07 Å². The summed E-state index contributed by atoms with van der Waals surface area (Å²) < 4.78 is 5.98. The lowest BCUT2D eigenvalue weighted by Gasteiger charge is -2.25. The number of nitrogens with zero attached hydrogens (tertiary/aromatic N) is 2. The number of morpholine rings is 1. The molecule has 1 aliphatic rings. The Morgan fingerprint density at radius 3 is 2.60 bits per heavy atom. The molecule has 0 aliphatic carbocycles. The maximum Gasteiger partial charge on any atom is 0.281 e. The van der Waals surface area contributed by atoms with Crippen molar-refractivity contribution in [1.82, 2.24) is 15.8 Å². The highest BCUT2D eigenvalue weighted by atomic mass is 79.9. The molecule has 2 amide bonds. The number of nitrogens with one attached hydrogen (secondary N) is 2. The standard InChI is InChI=1S/C16H17BrN4O3S/c1-10-13(25-16(18-10)21-6-8-24-9-7-21)15(23)20-19-14(22)11-4-2-3-5-12(11)17/h2-5H,6-9H2,1H3,(H,19,22)(H,20,23). The number of halogens is 1. The molecule has 0 unspecified atom stereocenters. The Hall–Kier alpha value is -1.97. The van der Waals surface area contributed by atoms with E-state index >= 15 is 0 Å². The molecule has 0 saturated carbocycles. The van der Waals surface area contributed by atoms with Crippen LogP contribution in [0, 0.1) is 6.92 Å². The third-order valence-electron chi connectivity index (χ3n) is 3.68. The summed E-state index contributed by atoms with van der Waals surface area (Å²) in [6, 6.07) is 7.00. The van der Waals surface area contributed by atoms with Gasteiger partial charge in [-0.05, 0) is 35.0 Å². The number of anilines is 1. The predicted molar refractivity (Wildman–Crippen MR) is 99.0 cm³/mol. The Morgan fingerprint density at radius 1 is 1.20 bits per heavy atom. The van der Waals surface area contributed by atoms with Gasteiger partial charge in [-0.15, -0.1) is 0 Å². The lowest BCUT2D eigenvalue weighted by atomic mass is 10.2. The number of hydrogen-bond donors (Lipinski definition) is 2. The Morgan fingerprint density at radius 2 is 1.88 bits per heavy atom. The lowest BCUT2D eigenvalue weighted by molar-refractivity contribution is 0.0848. The summed E-state index contributed by atoms with van der Waals surface area (Å²) in [6.45, 7) is 4.61. The molecule has 1 aliphatic heterocycles. The Labute approximate surface area is 157 Å². The first kappa shape index (κ1) is 17.8. The summed E-state index contributed by atoms with van der Waals surface area (Å²) in [6.07, 6.45) is 0. The second-order valence-electron chi connectivity index (χ2n) is 5.40. The monoisotopic (exact) mass is 424 g/mol. The predicted octanol–water partition coefficient (Wildman–Crippen LogP) is 2.13. The quantitative estimate of drug-likeness (QED) is 0.737. The van der Waals surface area contributed by atoms with E-state index in [4.69, 9.17) is 4.74 Å². The van der Waals surface area contributed by atoms with Crippen LogP contribution in [0.3, 0.4) is 0 Å². The first-order chi connectivity index (χ1) is 12.1. The van der Waals surface area contributed by atoms with Crippen LogP contribution in [-0.2, 0) is 4.74 Å². The van der Waals surface area contributed by atoms with Gasteiger partial charge in [-0.1, -0.05) is 23.5 Å². The molecule has 3 rings (SSSR count). The number of hydrogen-bond acceptors (Lipinski definition) is 6. The van der Waals surface area contributed by atoms with Gasteiger partial charge in [0, 0.05) is 17.6 Å². The van der Waals surface area contributed by atoms with E-state index in [-0.39, 0.29) is 5.91 Å². The van der Waals surface area contributed by atoms with Gasteiger partial charge in [-0.2, -0.15) is 0 Å². The van der Waals surface area contributed by atoms with E-state index in [9.17, 15) is 9.59 Å². The molecule has 1 aromatic heterocycles. The minimum absolute atomic E-state index is 0.380. The zero-order valence-electron chi connectivity index (χ0n) is 13.5. The molecule has 25 heavy (non-hydrogen) atoms.